The molecule has 0 atom stereocenters. The molecule has 2 aromatic heterocycles. The highest BCUT2D eigenvalue weighted by Gasteiger charge is 2.13. The van der Waals surface area contributed by atoms with Gasteiger partial charge in [-0.25, -0.2) is 4.98 Å². The number of hydrogen-bond acceptors (Lipinski definition) is 4. The lowest BCUT2D eigenvalue weighted by Gasteiger charge is -2.08. The number of carbonyl (C=O) groups is 1. The summed E-state index contributed by atoms with van der Waals surface area (Å²) in [6, 6.07) is 13.9. The van der Waals surface area contributed by atoms with Crippen molar-refractivity contribution < 1.29 is 4.79 Å². The molecule has 0 aliphatic rings. The smallest absolute Gasteiger partial charge is 0.271 e. The number of rotatable bonds is 3. The number of benzene rings is 2. The predicted molar refractivity (Wildman–Crippen MR) is 94.5 cm³/mol. The molecule has 0 spiro atoms. The van der Waals surface area contributed by atoms with Gasteiger partial charge in [0.05, 0.1) is 0 Å². The summed E-state index contributed by atoms with van der Waals surface area (Å²) in [6.45, 7) is 0.353. The number of nitrogens with one attached hydrogen (secondary N) is 1. The SMILES string of the molecule is O=C(NCc1cccc2ccccc12)c1cnc2sccn2c1=O. The van der Waals surface area contributed by atoms with E-state index in [1.807, 2.05) is 42.5 Å². The van der Waals surface area contributed by atoms with Crippen LogP contribution < -0.4 is 10.9 Å². The van der Waals surface area contributed by atoms with Gasteiger partial charge in [-0.2, -0.15) is 0 Å². The van der Waals surface area contributed by atoms with Crippen LogP contribution in [0.15, 0.2) is 65.0 Å². The molecule has 5 nitrogen and oxygen atoms in total. The first-order valence-corrected chi connectivity index (χ1v) is 8.32. The fraction of sp³-hybridized carbons (Fsp3) is 0.0556. The van der Waals surface area contributed by atoms with E-state index in [0.29, 0.717) is 11.5 Å². The number of fused-ring (bicyclic) bond motifs is 2. The third kappa shape index (κ3) is 2.47. The van der Waals surface area contributed by atoms with Gasteiger partial charge in [-0.1, -0.05) is 42.5 Å². The van der Waals surface area contributed by atoms with Gasteiger partial charge in [0.25, 0.3) is 11.5 Å². The van der Waals surface area contributed by atoms with Crippen LogP contribution in [0.2, 0.25) is 0 Å². The summed E-state index contributed by atoms with van der Waals surface area (Å²) in [6.07, 6.45) is 2.96. The van der Waals surface area contributed by atoms with Crippen LogP contribution in [-0.4, -0.2) is 15.3 Å². The predicted octanol–water partition coefficient (Wildman–Crippen LogP) is 2.84. The van der Waals surface area contributed by atoms with E-state index in [1.165, 1.54) is 21.9 Å². The summed E-state index contributed by atoms with van der Waals surface area (Å²) in [7, 11) is 0. The topological polar surface area (TPSA) is 63.5 Å². The van der Waals surface area contributed by atoms with Crippen molar-refractivity contribution in [1.29, 1.82) is 0 Å². The monoisotopic (exact) mass is 335 g/mol. The minimum atomic E-state index is -0.416. The second kappa shape index (κ2) is 5.90. The minimum absolute atomic E-state index is 0.0473. The highest BCUT2D eigenvalue weighted by molar-refractivity contribution is 7.15. The van der Waals surface area contributed by atoms with Gasteiger partial charge in [-0.3, -0.25) is 14.0 Å². The normalized spacial score (nSPS) is 11.0. The van der Waals surface area contributed by atoms with Crippen LogP contribution in [0.25, 0.3) is 15.7 Å². The molecule has 2 heterocycles. The molecule has 0 unspecified atom stereocenters. The Kier molecular flexibility index (Phi) is 3.59. The van der Waals surface area contributed by atoms with Crippen LogP contribution in [0.1, 0.15) is 15.9 Å². The number of thiazole rings is 1. The third-order valence-electron chi connectivity index (χ3n) is 3.91. The molecule has 4 aromatic rings. The van der Waals surface area contributed by atoms with E-state index < -0.39 is 5.91 Å². The molecule has 4 rings (SSSR count). The molecule has 0 saturated carbocycles. The number of hydrogen-bond donors (Lipinski definition) is 1. The van der Waals surface area contributed by atoms with Crippen molar-refractivity contribution >= 4 is 33.0 Å². The lowest BCUT2D eigenvalue weighted by atomic mass is 10.0. The zero-order valence-corrected chi connectivity index (χ0v) is 13.4. The molecule has 2 aromatic carbocycles. The standard InChI is InChI=1S/C18H13N3O2S/c22-16(15-11-20-18-21(17(15)23)8-9-24-18)19-10-13-6-3-5-12-4-1-2-7-14(12)13/h1-9,11H,10H2,(H,19,22). The maximum Gasteiger partial charge on any atom is 0.271 e. The first-order valence-electron chi connectivity index (χ1n) is 7.44. The highest BCUT2D eigenvalue weighted by Crippen LogP contribution is 2.18. The molecular weight excluding hydrogens is 322 g/mol. The molecule has 6 heteroatoms. The van der Waals surface area contributed by atoms with Crippen molar-refractivity contribution in [3.63, 3.8) is 0 Å². The van der Waals surface area contributed by atoms with Crippen LogP contribution in [0.3, 0.4) is 0 Å². The fourth-order valence-corrected chi connectivity index (χ4v) is 3.37. The zero-order chi connectivity index (χ0) is 16.5. The van der Waals surface area contributed by atoms with E-state index in [-0.39, 0.29) is 11.1 Å². The largest absolute Gasteiger partial charge is 0.348 e. The van der Waals surface area contributed by atoms with Crippen molar-refractivity contribution in [2.45, 2.75) is 6.54 Å². The summed E-state index contributed by atoms with van der Waals surface area (Å²) in [4.78, 5) is 29.4. The Bertz CT molecular complexity index is 1110. The lowest BCUT2D eigenvalue weighted by Crippen LogP contribution is -2.30. The Morgan fingerprint density at radius 1 is 1.17 bits per heavy atom. The Hall–Kier alpha value is -2.99. The van der Waals surface area contributed by atoms with E-state index in [9.17, 15) is 9.59 Å². The third-order valence-corrected chi connectivity index (χ3v) is 4.68. The van der Waals surface area contributed by atoms with E-state index in [2.05, 4.69) is 10.3 Å². The van der Waals surface area contributed by atoms with E-state index in [1.54, 1.807) is 11.6 Å². The van der Waals surface area contributed by atoms with Gasteiger partial charge in [0.2, 0.25) is 0 Å². The summed E-state index contributed by atoms with van der Waals surface area (Å²) < 4.78 is 1.39. The molecule has 0 radical (unpaired) electrons. The number of carbonyl (C=O) groups excluding carboxylic acids is 1. The van der Waals surface area contributed by atoms with Crippen molar-refractivity contribution in [2.24, 2.45) is 0 Å². The molecule has 1 amide bonds. The average molecular weight is 335 g/mol. The Morgan fingerprint density at radius 2 is 2.00 bits per heavy atom. The summed E-state index contributed by atoms with van der Waals surface area (Å²) in [5, 5.41) is 6.78. The summed E-state index contributed by atoms with van der Waals surface area (Å²) in [5.41, 5.74) is 0.703. The molecule has 0 saturated heterocycles. The molecular formula is C18H13N3O2S. The van der Waals surface area contributed by atoms with Gasteiger partial charge in [0.1, 0.15) is 5.56 Å². The van der Waals surface area contributed by atoms with Crippen molar-refractivity contribution in [2.75, 3.05) is 0 Å². The molecule has 0 fully saturated rings. The molecule has 0 bridgehead atoms. The quantitative estimate of drug-likeness (QED) is 0.626. The fourth-order valence-electron chi connectivity index (χ4n) is 2.70. The summed E-state index contributed by atoms with van der Waals surface area (Å²) >= 11 is 1.35. The van der Waals surface area contributed by atoms with Crippen LogP contribution in [0.4, 0.5) is 0 Å². The Morgan fingerprint density at radius 3 is 2.92 bits per heavy atom. The first kappa shape index (κ1) is 14.6. The second-order valence-corrected chi connectivity index (χ2v) is 6.23. The number of amides is 1. The van der Waals surface area contributed by atoms with Gasteiger partial charge >= 0.3 is 0 Å². The van der Waals surface area contributed by atoms with Crippen LogP contribution in [-0.2, 0) is 6.54 Å². The number of aromatic nitrogens is 2. The average Bonchev–Trinajstić information content (AvgIpc) is 3.09. The lowest BCUT2D eigenvalue weighted by molar-refractivity contribution is 0.0949. The van der Waals surface area contributed by atoms with E-state index >= 15 is 0 Å². The van der Waals surface area contributed by atoms with Crippen molar-refractivity contribution in [3.05, 3.63) is 81.7 Å². The van der Waals surface area contributed by atoms with Crippen molar-refractivity contribution in [1.82, 2.24) is 14.7 Å². The van der Waals surface area contributed by atoms with E-state index in [4.69, 9.17) is 0 Å². The zero-order valence-electron chi connectivity index (χ0n) is 12.6. The Balaban J connectivity index is 1.61. The molecule has 0 aliphatic carbocycles. The van der Waals surface area contributed by atoms with Crippen LogP contribution in [0, 0.1) is 0 Å². The maximum absolute atomic E-state index is 12.4. The van der Waals surface area contributed by atoms with Gasteiger partial charge < -0.3 is 5.32 Å². The molecule has 0 aliphatic heterocycles. The Labute approximate surface area is 141 Å². The van der Waals surface area contributed by atoms with Gasteiger partial charge in [-0.15, -0.1) is 11.3 Å². The minimum Gasteiger partial charge on any atom is -0.348 e. The van der Waals surface area contributed by atoms with Gasteiger partial charge in [0.15, 0.2) is 4.96 Å². The first-order chi connectivity index (χ1) is 11.7. The summed E-state index contributed by atoms with van der Waals surface area (Å²) in [5.74, 6) is -0.416. The van der Waals surface area contributed by atoms with Crippen LogP contribution in [0.5, 0.6) is 0 Å². The molecule has 118 valence electrons. The van der Waals surface area contributed by atoms with Gasteiger partial charge in [0, 0.05) is 24.3 Å². The number of nitrogens with zero attached hydrogens (tertiary/aromatic N) is 2. The van der Waals surface area contributed by atoms with Crippen molar-refractivity contribution in [3.8, 4) is 0 Å². The highest BCUT2D eigenvalue weighted by atomic mass is 32.1. The second-order valence-electron chi connectivity index (χ2n) is 5.35. The molecule has 1 N–H and O–H groups in total. The van der Waals surface area contributed by atoms with E-state index in [0.717, 1.165) is 16.3 Å². The van der Waals surface area contributed by atoms with Gasteiger partial charge in [-0.05, 0) is 16.3 Å². The molecule has 24 heavy (non-hydrogen) atoms. The van der Waals surface area contributed by atoms with Crippen LogP contribution >= 0.6 is 11.3 Å². The maximum atomic E-state index is 12.4.